The number of carbonyl (C=O) groups excluding carboxylic acids is 1. The Hall–Kier alpha value is -3.17. The maximum Gasteiger partial charge on any atom is 0.411 e. The van der Waals surface area contributed by atoms with E-state index in [4.69, 9.17) is 14.2 Å². The van der Waals surface area contributed by atoms with Crippen LogP contribution in [0.4, 0.5) is 10.5 Å². The van der Waals surface area contributed by atoms with Crippen molar-refractivity contribution in [3.63, 3.8) is 0 Å². The molecule has 3 atom stereocenters. The van der Waals surface area contributed by atoms with E-state index in [2.05, 4.69) is 16.9 Å². The van der Waals surface area contributed by atoms with Crippen molar-refractivity contribution in [2.45, 2.75) is 36.6 Å². The summed E-state index contributed by atoms with van der Waals surface area (Å²) in [5.41, 5.74) is 3.34. The molecule has 1 aliphatic heterocycles. The summed E-state index contributed by atoms with van der Waals surface area (Å²) in [7, 11) is 0. The highest BCUT2D eigenvalue weighted by Gasteiger charge is 2.32. The summed E-state index contributed by atoms with van der Waals surface area (Å²) < 4.78 is 17.6. The molecule has 182 valence electrons. The Morgan fingerprint density at radius 1 is 1.11 bits per heavy atom. The van der Waals surface area contributed by atoms with E-state index in [1.165, 1.54) is 6.08 Å². The number of ether oxygens (including phenoxy) is 3. The lowest BCUT2D eigenvalue weighted by Crippen LogP contribution is -2.31. The standard InChI is InChI=1S/C27H28N2O5S/c1-2-15-32-27(31)29-22-12-10-21(11-13-22)26-33-23(18-35-25-5-3-4-14-28-25)16-24(34-26)20-8-6-19(17-30)7-9-20/h2-14,23-24,26,30H,1,15-18H2,(H,29,31)/t23-,24+,26+/m1/s1. The van der Waals surface area contributed by atoms with E-state index in [1.807, 2.05) is 54.6 Å². The summed E-state index contributed by atoms with van der Waals surface area (Å²) in [6, 6.07) is 21.0. The number of aromatic nitrogens is 1. The smallest absolute Gasteiger partial charge is 0.411 e. The SMILES string of the molecule is C=CCOC(=O)Nc1ccc([C@H]2O[C@@H](CSc3ccccn3)C[C@@H](c3ccc(CO)cc3)O2)cc1. The van der Waals surface area contributed by atoms with Gasteiger partial charge in [-0.25, -0.2) is 9.78 Å². The first-order valence-electron chi connectivity index (χ1n) is 11.3. The minimum absolute atomic E-state index is 0.00238. The third-order valence-corrected chi connectivity index (χ3v) is 6.51. The lowest BCUT2D eigenvalue weighted by Gasteiger charge is -2.36. The van der Waals surface area contributed by atoms with Gasteiger partial charge in [0.1, 0.15) is 6.61 Å². The molecule has 0 saturated carbocycles. The minimum atomic E-state index is -0.567. The van der Waals surface area contributed by atoms with Crippen molar-refractivity contribution in [1.82, 2.24) is 4.98 Å². The predicted molar refractivity (Wildman–Crippen MR) is 135 cm³/mol. The third kappa shape index (κ3) is 7.16. The van der Waals surface area contributed by atoms with E-state index in [0.717, 1.165) is 27.5 Å². The van der Waals surface area contributed by atoms with Gasteiger partial charge in [-0.15, -0.1) is 11.8 Å². The molecule has 2 aromatic carbocycles. The van der Waals surface area contributed by atoms with Gasteiger partial charge in [0.25, 0.3) is 0 Å². The first-order chi connectivity index (χ1) is 17.1. The van der Waals surface area contributed by atoms with E-state index in [-0.39, 0.29) is 25.4 Å². The topological polar surface area (TPSA) is 89.9 Å². The molecule has 3 aromatic rings. The Morgan fingerprint density at radius 2 is 1.89 bits per heavy atom. The van der Waals surface area contributed by atoms with Crippen LogP contribution in [0.5, 0.6) is 0 Å². The molecule has 2 heterocycles. The Morgan fingerprint density at radius 3 is 2.57 bits per heavy atom. The van der Waals surface area contributed by atoms with Gasteiger partial charge in [0.05, 0.1) is 23.8 Å². The number of aliphatic hydroxyl groups is 1. The first kappa shape index (κ1) is 24.9. The summed E-state index contributed by atoms with van der Waals surface area (Å²) in [4.78, 5) is 16.2. The number of rotatable bonds is 9. The molecule has 0 spiro atoms. The van der Waals surface area contributed by atoms with Crippen molar-refractivity contribution < 1.29 is 24.1 Å². The van der Waals surface area contributed by atoms with Crippen molar-refractivity contribution in [2.75, 3.05) is 17.7 Å². The molecule has 0 radical (unpaired) electrons. The largest absolute Gasteiger partial charge is 0.445 e. The average Bonchev–Trinajstić information content (AvgIpc) is 2.91. The van der Waals surface area contributed by atoms with E-state index >= 15 is 0 Å². The van der Waals surface area contributed by atoms with Crippen LogP contribution in [-0.4, -0.2) is 34.6 Å². The van der Waals surface area contributed by atoms with Crippen molar-refractivity contribution in [3.05, 3.63) is 102 Å². The normalized spacial score (nSPS) is 19.6. The lowest BCUT2D eigenvalue weighted by molar-refractivity contribution is -0.245. The number of carbonyl (C=O) groups is 1. The quantitative estimate of drug-likeness (QED) is 0.295. The zero-order chi connectivity index (χ0) is 24.5. The van der Waals surface area contributed by atoms with Crippen LogP contribution in [0.3, 0.4) is 0 Å². The zero-order valence-electron chi connectivity index (χ0n) is 19.2. The van der Waals surface area contributed by atoms with Crippen LogP contribution in [-0.2, 0) is 20.8 Å². The van der Waals surface area contributed by atoms with Gasteiger partial charge in [-0.05, 0) is 35.4 Å². The summed E-state index contributed by atoms with van der Waals surface area (Å²) in [6.07, 6.45) is 2.66. The fourth-order valence-electron chi connectivity index (χ4n) is 3.65. The van der Waals surface area contributed by atoms with Gasteiger partial charge in [0.2, 0.25) is 0 Å². The second-order valence-electron chi connectivity index (χ2n) is 7.96. The number of anilines is 1. The van der Waals surface area contributed by atoms with Crippen LogP contribution in [0.15, 0.2) is 90.6 Å². The summed E-state index contributed by atoms with van der Waals surface area (Å²) >= 11 is 1.65. The van der Waals surface area contributed by atoms with E-state index in [1.54, 1.807) is 30.1 Å². The minimum Gasteiger partial charge on any atom is -0.445 e. The third-order valence-electron chi connectivity index (χ3n) is 5.43. The molecule has 8 heteroatoms. The number of hydrogen-bond donors (Lipinski definition) is 2. The van der Waals surface area contributed by atoms with Crippen molar-refractivity contribution >= 4 is 23.5 Å². The molecule has 1 saturated heterocycles. The van der Waals surface area contributed by atoms with Crippen LogP contribution in [0.2, 0.25) is 0 Å². The van der Waals surface area contributed by atoms with Gasteiger partial charge in [0, 0.05) is 29.6 Å². The number of amides is 1. The summed E-state index contributed by atoms with van der Waals surface area (Å²) in [5, 5.41) is 13.0. The van der Waals surface area contributed by atoms with Crippen molar-refractivity contribution in [1.29, 1.82) is 0 Å². The van der Waals surface area contributed by atoms with Crippen molar-refractivity contribution in [3.8, 4) is 0 Å². The van der Waals surface area contributed by atoms with Crippen LogP contribution in [0.1, 0.15) is 35.5 Å². The number of thioether (sulfide) groups is 1. The average molecular weight is 493 g/mol. The van der Waals surface area contributed by atoms with E-state index in [9.17, 15) is 9.90 Å². The zero-order valence-corrected chi connectivity index (χ0v) is 20.0. The molecule has 2 N–H and O–H groups in total. The molecule has 7 nitrogen and oxygen atoms in total. The second kappa shape index (κ2) is 12.5. The number of aliphatic hydroxyl groups excluding tert-OH is 1. The van der Waals surface area contributed by atoms with Gasteiger partial charge in [0.15, 0.2) is 6.29 Å². The van der Waals surface area contributed by atoms with E-state index < -0.39 is 12.4 Å². The Kier molecular flexibility index (Phi) is 8.91. The lowest BCUT2D eigenvalue weighted by atomic mass is 10.0. The highest BCUT2D eigenvalue weighted by atomic mass is 32.2. The van der Waals surface area contributed by atoms with Gasteiger partial charge in [-0.1, -0.05) is 55.1 Å². The molecule has 35 heavy (non-hydrogen) atoms. The van der Waals surface area contributed by atoms with Crippen LogP contribution in [0.25, 0.3) is 0 Å². The summed E-state index contributed by atoms with van der Waals surface area (Å²) in [5.74, 6) is 0.733. The van der Waals surface area contributed by atoms with E-state index in [0.29, 0.717) is 12.1 Å². The molecule has 4 rings (SSSR count). The maximum atomic E-state index is 11.8. The Bertz CT molecular complexity index is 1090. The Balaban J connectivity index is 1.47. The van der Waals surface area contributed by atoms with Crippen LogP contribution >= 0.6 is 11.8 Å². The molecular formula is C27H28N2O5S. The van der Waals surface area contributed by atoms with Crippen LogP contribution in [0, 0.1) is 0 Å². The molecule has 1 aromatic heterocycles. The maximum absolute atomic E-state index is 11.8. The number of hydrogen-bond acceptors (Lipinski definition) is 7. The first-order valence-corrected chi connectivity index (χ1v) is 12.3. The molecule has 1 amide bonds. The van der Waals surface area contributed by atoms with Gasteiger partial charge in [-0.2, -0.15) is 0 Å². The molecule has 1 aliphatic rings. The van der Waals surface area contributed by atoms with Gasteiger partial charge >= 0.3 is 6.09 Å². The Labute approximate surface area is 209 Å². The fraction of sp³-hybridized carbons (Fsp3) is 0.259. The monoisotopic (exact) mass is 492 g/mol. The molecule has 0 bridgehead atoms. The molecule has 0 unspecified atom stereocenters. The van der Waals surface area contributed by atoms with Gasteiger partial charge < -0.3 is 19.3 Å². The molecular weight excluding hydrogens is 464 g/mol. The predicted octanol–water partition coefficient (Wildman–Crippen LogP) is 5.65. The fourth-order valence-corrected chi connectivity index (χ4v) is 4.53. The number of nitrogens with zero attached hydrogens (tertiary/aromatic N) is 1. The number of pyridine rings is 1. The second-order valence-corrected chi connectivity index (χ2v) is 9.00. The number of benzene rings is 2. The number of nitrogens with one attached hydrogen (secondary N) is 1. The van der Waals surface area contributed by atoms with Crippen LogP contribution < -0.4 is 5.32 Å². The van der Waals surface area contributed by atoms with Crippen molar-refractivity contribution in [2.24, 2.45) is 0 Å². The summed E-state index contributed by atoms with van der Waals surface area (Å²) in [6.45, 7) is 3.67. The van der Waals surface area contributed by atoms with Gasteiger partial charge in [-0.3, -0.25) is 5.32 Å². The molecule has 0 aliphatic carbocycles. The highest BCUT2D eigenvalue weighted by molar-refractivity contribution is 7.99. The molecule has 1 fully saturated rings. The highest BCUT2D eigenvalue weighted by Crippen LogP contribution is 2.39.